The minimum absolute atomic E-state index is 0.278. The van der Waals surface area contributed by atoms with Gasteiger partial charge in [0.1, 0.15) is 17.3 Å². The first-order valence-electron chi connectivity index (χ1n) is 10.7. The molecule has 3 aromatic carbocycles. The second-order valence-corrected chi connectivity index (χ2v) is 8.80. The normalized spacial score (nSPS) is 12.2. The lowest BCUT2D eigenvalue weighted by atomic mass is 9.93. The first kappa shape index (κ1) is 22.1. The summed E-state index contributed by atoms with van der Waals surface area (Å²) in [4.78, 5) is 4.54. The summed E-state index contributed by atoms with van der Waals surface area (Å²) >= 11 is 6.33. The van der Waals surface area contributed by atoms with Crippen molar-refractivity contribution < 1.29 is 9.13 Å². The fourth-order valence-corrected chi connectivity index (χ4v) is 3.88. The first-order chi connectivity index (χ1) is 15.4. The maximum Gasteiger partial charge on any atom is 0.127 e. The Morgan fingerprint density at radius 2 is 1.59 bits per heavy atom. The van der Waals surface area contributed by atoms with Crippen LogP contribution in [0, 0.1) is 5.82 Å². The van der Waals surface area contributed by atoms with E-state index >= 15 is 0 Å². The number of benzene rings is 3. The zero-order valence-corrected chi connectivity index (χ0v) is 19.2. The third kappa shape index (κ3) is 5.20. The number of aromatic nitrogens is 2. The molecule has 0 radical (unpaired) electrons. The van der Waals surface area contributed by atoms with E-state index in [2.05, 4.69) is 54.7 Å². The number of ether oxygens (including phenoxy) is 1. The summed E-state index contributed by atoms with van der Waals surface area (Å²) in [6.45, 7) is 6.48. The van der Waals surface area contributed by atoms with Crippen LogP contribution in [0.15, 0.2) is 79.3 Å². The molecule has 1 aromatic heterocycles. The van der Waals surface area contributed by atoms with E-state index in [0.29, 0.717) is 11.7 Å². The van der Waals surface area contributed by atoms with Gasteiger partial charge in [0.25, 0.3) is 0 Å². The Bertz CT molecular complexity index is 1180. The lowest BCUT2D eigenvalue weighted by Gasteiger charge is -2.17. The van der Waals surface area contributed by atoms with E-state index in [1.165, 1.54) is 23.3 Å². The number of nitrogens with zero attached hydrogens (tertiary/aromatic N) is 2. The van der Waals surface area contributed by atoms with Crippen molar-refractivity contribution in [2.75, 3.05) is 0 Å². The molecule has 32 heavy (non-hydrogen) atoms. The van der Waals surface area contributed by atoms with Crippen LogP contribution in [-0.2, 0) is 6.42 Å². The third-order valence-electron chi connectivity index (χ3n) is 5.54. The van der Waals surface area contributed by atoms with Crippen LogP contribution < -0.4 is 4.74 Å². The van der Waals surface area contributed by atoms with Gasteiger partial charge in [-0.25, -0.2) is 9.37 Å². The molecule has 1 atom stereocenters. The van der Waals surface area contributed by atoms with E-state index < -0.39 is 0 Å². The van der Waals surface area contributed by atoms with Gasteiger partial charge in [-0.05, 0) is 84.0 Å². The minimum Gasteiger partial charge on any atom is -0.457 e. The topological polar surface area (TPSA) is 27.1 Å². The molecule has 0 N–H and O–H groups in total. The summed E-state index contributed by atoms with van der Waals surface area (Å²) in [5.41, 5.74) is 4.54. The lowest BCUT2D eigenvalue weighted by Crippen LogP contribution is -2.03. The molecule has 1 heterocycles. The number of rotatable bonds is 7. The number of imidazole rings is 1. The van der Waals surface area contributed by atoms with Crippen LogP contribution >= 0.6 is 11.6 Å². The highest BCUT2D eigenvalue weighted by atomic mass is 35.5. The smallest absolute Gasteiger partial charge is 0.127 e. The van der Waals surface area contributed by atoms with Crippen molar-refractivity contribution in [2.24, 2.45) is 0 Å². The van der Waals surface area contributed by atoms with Gasteiger partial charge in [0, 0.05) is 16.9 Å². The maximum atomic E-state index is 13.1. The molecule has 0 aliphatic heterocycles. The van der Waals surface area contributed by atoms with E-state index in [0.717, 1.165) is 28.6 Å². The van der Waals surface area contributed by atoms with Crippen molar-refractivity contribution in [3.8, 4) is 17.2 Å². The van der Waals surface area contributed by atoms with Crippen LogP contribution in [0.3, 0.4) is 0 Å². The molecule has 5 heteroatoms. The highest BCUT2D eigenvalue weighted by molar-refractivity contribution is 6.30. The Morgan fingerprint density at radius 3 is 2.22 bits per heavy atom. The van der Waals surface area contributed by atoms with Crippen LogP contribution in [0.5, 0.6) is 11.5 Å². The summed E-state index contributed by atoms with van der Waals surface area (Å²) in [5, 5.41) is 0.725. The highest BCUT2D eigenvalue weighted by Crippen LogP contribution is 2.29. The quantitative estimate of drug-likeness (QED) is 0.287. The minimum atomic E-state index is -0.280. The average Bonchev–Trinajstić information content (AvgIpc) is 3.26. The van der Waals surface area contributed by atoms with E-state index in [-0.39, 0.29) is 11.7 Å². The van der Waals surface area contributed by atoms with Crippen molar-refractivity contribution in [3.05, 3.63) is 107 Å². The fraction of sp³-hybridized carbons (Fsp3) is 0.222. The van der Waals surface area contributed by atoms with Gasteiger partial charge in [-0.2, -0.15) is 0 Å². The predicted molar refractivity (Wildman–Crippen MR) is 128 cm³/mol. The van der Waals surface area contributed by atoms with Crippen LogP contribution in [0.25, 0.3) is 5.69 Å². The summed E-state index contributed by atoms with van der Waals surface area (Å²) < 4.78 is 21.0. The van der Waals surface area contributed by atoms with E-state index in [1.54, 1.807) is 12.1 Å². The lowest BCUT2D eigenvalue weighted by molar-refractivity contribution is 0.480. The van der Waals surface area contributed by atoms with Gasteiger partial charge >= 0.3 is 0 Å². The van der Waals surface area contributed by atoms with Crippen molar-refractivity contribution in [3.63, 3.8) is 0 Å². The Balaban J connectivity index is 1.51. The zero-order chi connectivity index (χ0) is 22.7. The Morgan fingerprint density at radius 1 is 0.938 bits per heavy atom. The molecule has 4 aromatic rings. The Kier molecular flexibility index (Phi) is 6.61. The van der Waals surface area contributed by atoms with Gasteiger partial charge in [-0.15, -0.1) is 0 Å². The molecule has 4 rings (SSSR count). The maximum absolute atomic E-state index is 13.1. The van der Waals surface area contributed by atoms with Crippen LogP contribution in [0.2, 0.25) is 5.02 Å². The molecule has 164 valence electrons. The fourth-order valence-electron chi connectivity index (χ4n) is 3.69. The van der Waals surface area contributed by atoms with Crippen molar-refractivity contribution in [1.29, 1.82) is 0 Å². The summed E-state index contributed by atoms with van der Waals surface area (Å²) in [6, 6.07) is 20.0. The molecular weight excluding hydrogens is 423 g/mol. The summed E-state index contributed by atoms with van der Waals surface area (Å²) in [7, 11) is 0. The molecule has 0 fully saturated rings. The second kappa shape index (κ2) is 9.58. The van der Waals surface area contributed by atoms with Gasteiger partial charge in [0.15, 0.2) is 0 Å². The summed E-state index contributed by atoms with van der Waals surface area (Å²) in [5.74, 6) is 1.70. The van der Waals surface area contributed by atoms with Gasteiger partial charge in [-0.1, -0.05) is 44.5 Å². The van der Waals surface area contributed by atoms with Crippen LogP contribution in [0.1, 0.15) is 49.4 Å². The number of halogens is 2. The molecule has 0 bridgehead atoms. The largest absolute Gasteiger partial charge is 0.457 e. The Hall–Kier alpha value is -3.11. The standard InChI is InChI=1S/C27H26ClFN2O/c1-18(2)26-16-31(17-30-26)27-13-6-22(28)15-21(27)14-19(3)20-4-9-24(10-5-20)32-25-11-7-23(29)8-12-25/h4-13,15-19H,14H2,1-3H3. The average molecular weight is 449 g/mol. The van der Waals surface area contributed by atoms with Gasteiger partial charge in [-0.3, -0.25) is 0 Å². The molecule has 1 unspecified atom stereocenters. The Labute approximate surface area is 193 Å². The molecule has 0 amide bonds. The second-order valence-electron chi connectivity index (χ2n) is 8.36. The molecule has 0 aliphatic carbocycles. The number of hydrogen-bond donors (Lipinski definition) is 0. The third-order valence-corrected chi connectivity index (χ3v) is 5.77. The van der Waals surface area contributed by atoms with Gasteiger partial charge < -0.3 is 9.30 Å². The zero-order valence-electron chi connectivity index (χ0n) is 18.4. The SMILES string of the molecule is CC(C)c1cn(-c2ccc(Cl)cc2CC(C)c2ccc(Oc3ccc(F)cc3)cc2)cn1. The van der Waals surface area contributed by atoms with Crippen LogP contribution in [-0.4, -0.2) is 9.55 Å². The van der Waals surface area contributed by atoms with E-state index in [9.17, 15) is 4.39 Å². The summed E-state index contributed by atoms with van der Waals surface area (Å²) in [6.07, 6.45) is 4.79. The molecule has 0 saturated heterocycles. The van der Waals surface area contributed by atoms with Gasteiger partial charge in [0.2, 0.25) is 0 Å². The number of hydrogen-bond acceptors (Lipinski definition) is 2. The van der Waals surface area contributed by atoms with Crippen molar-refractivity contribution in [2.45, 2.75) is 39.0 Å². The monoisotopic (exact) mass is 448 g/mol. The predicted octanol–water partition coefficient (Wildman–Crippen LogP) is 7.93. The van der Waals surface area contributed by atoms with Gasteiger partial charge in [0.05, 0.1) is 12.0 Å². The van der Waals surface area contributed by atoms with Crippen LogP contribution in [0.4, 0.5) is 4.39 Å². The molecule has 0 aliphatic rings. The highest BCUT2D eigenvalue weighted by Gasteiger charge is 2.14. The molecule has 3 nitrogen and oxygen atoms in total. The molecule has 0 saturated carbocycles. The van der Waals surface area contributed by atoms with Crippen molar-refractivity contribution >= 4 is 11.6 Å². The molecule has 0 spiro atoms. The van der Waals surface area contributed by atoms with Crippen molar-refractivity contribution in [1.82, 2.24) is 9.55 Å². The van der Waals surface area contributed by atoms with E-state index in [4.69, 9.17) is 16.3 Å². The van der Waals surface area contributed by atoms with E-state index in [1.807, 2.05) is 30.6 Å². The first-order valence-corrected chi connectivity index (χ1v) is 11.1. The molecular formula is C27H26ClFN2O.